The van der Waals surface area contributed by atoms with Crippen LogP contribution < -0.4 is 20.3 Å². The smallest absolute Gasteiger partial charge is 0.319 e. The molecule has 2 N–H and O–H groups in total. The molecule has 0 atom stereocenters. The van der Waals surface area contributed by atoms with Gasteiger partial charge in [-0.25, -0.2) is 19.2 Å². The Bertz CT molecular complexity index is 1140. The van der Waals surface area contributed by atoms with E-state index in [4.69, 9.17) is 4.74 Å². The molecule has 0 aliphatic carbocycles. The number of benzene rings is 2. The van der Waals surface area contributed by atoms with Crippen LogP contribution in [0, 0.1) is 5.82 Å². The summed E-state index contributed by atoms with van der Waals surface area (Å²) in [5.74, 6) is 0.885. The first kappa shape index (κ1) is 23.9. The Morgan fingerprint density at radius 1 is 0.971 bits per heavy atom. The molecule has 1 aliphatic rings. The maximum atomic E-state index is 13.3. The number of hydrogen-bond donors (Lipinski definition) is 2. The van der Waals surface area contributed by atoms with Crippen LogP contribution in [-0.4, -0.2) is 59.5 Å². The van der Waals surface area contributed by atoms with Gasteiger partial charge in [-0.3, -0.25) is 4.79 Å². The van der Waals surface area contributed by atoms with Gasteiger partial charge >= 0.3 is 6.03 Å². The fraction of sp³-hybridized carbons (Fsp3) is 0.280. The Kier molecular flexibility index (Phi) is 8.05. The van der Waals surface area contributed by atoms with Crippen molar-refractivity contribution in [2.45, 2.75) is 13.0 Å². The number of ether oxygens (including phenoxy) is 1. The zero-order valence-electron chi connectivity index (χ0n) is 19.2. The lowest BCUT2D eigenvalue weighted by Crippen LogP contribution is -2.49. The van der Waals surface area contributed by atoms with E-state index in [0.717, 1.165) is 0 Å². The molecule has 10 heteroatoms. The molecule has 4 rings (SSSR count). The summed E-state index contributed by atoms with van der Waals surface area (Å²) in [7, 11) is 0. The second-order valence-corrected chi connectivity index (χ2v) is 7.99. The molecule has 182 valence electrons. The SMILES string of the molecule is O=C(NCCC(=O)N1CCN(c2ncccn2)CC1)Nc1cccc(OCc2cccc(F)c2)c1. The second kappa shape index (κ2) is 11.8. The topological polar surface area (TPSA) is 99.7 Å². The molecular formula is C25H27FN6O3. The number of anilines is 2. The first-order valence-electron chi connectivity index (χ1n) is 11.4. The van der Waals surface area contributed by atoms with Gasteiger partial charge in [-0.1, -0.05) is 18.2 Å². The van der Waals surface area contributed by atoms with Crippen LogP contribution in [0.15, 0.2) is 67.0 Å². The second-order valence-electron chi connectivity index (χ2n) is 7.99. The molecule has 0 radical (unpaired) electrons. The number of amides is 3. The van der Waals surface area contributed by atoms with Gasteiger partial charge in [0.1, 0.15) is 18.2 Å². The van der Waals surface area contributed by atoms with Gasteiger partial charge in [0, 0.05) is 63.3 Å². The van der Waals surface area contributed by atoms with E-state index in [1.165, 1.54) is 12.1 Å². The summed E-state index contributed by atoms with van der Waals surface area (Å²) in [5.41, 5.74) is 1.26. The van der Waals surface area contributed by atoms with E-state index in [-0.39, 0.29) is 31.3 Å². The van der Waals surface area contributed by atoms with Crippen LogP contribution >= 0.6 is 0 Å². The van der Waals surface area contributed by atoms with E-state index >= 15 is 0 Å². The Labute approximate surface area is 202 Å². The zero-order valence-corrected chi connectivity index (χ0v) is 19.2. The van der Waals surface area contributed by atoms with Crippen LogP contribution in [0.1, 0.15) is 12.0 Å². The summed E-state index contributed by atoms with van der Waals surface area (Å²) in [6.45, 7) is 2.95. The molecule has 3 amide bonds. The lowest BCUT2D eigenvalue weighted by atomic mass is 10.2. The molecule has 35 heavy (non-hydrogen) atoms. The maximum Gasteiger partial charge on any atom is 0.319 e. The molecular weight excluding hydrogens is 451 g/mol. The third kappa shape index (κ3) is 7.13. The molecule has 1 aromatic heterocycles. The van der Waals surface area contributed by atoms with Crippen LogP contribution in [0.2, 0.25) is 0 Å². The number of piperazine rings is 1. The van der Waals surface area contributed by atoms with Gasteiger partial charge in [-0.05, 0) is 35.9 Å². The van der Waals surface area contributed by atoms with Gasteiger partial charge < -0.3 is 25.2 Å². The van der Waals surface area contributed by atoms with Crippen molar-refractivity contribution in [1.82, 2.24) is 20.2 Å². The van der Waals surface area contributed by atoms with E-state index in [2.05, 4.69) is 20.6 Å². The first-order valence-corrected chi connectivity index (χ1v) is 11.4. The number of halogens is 1. The summed E-state index contributed by atoms with van der Waals surface area (Å²) in [5, 5.41) is 5.44. The minimum Gasteiger partial charge on any atom is -0.489 e. The molecule has 2 aromatic carbocycles. The average Bonchev–Trinajstić information content (AvgIpc) is 2.88. The van der Waals surface area contributed by atoms with E-state index in [1.807, 2.05) is 4.90 Å². The molecule has 0 saturated carbocycles. The van der Waals surface area contributed by atoms with Gasteiger partial charge in [0.25, 0.3) is 0 Å². The predicted molar refractivity (Wildman–Crippen MR) is 130 cm³/mol. The molecule has 0 spiro atoms. The molecule has 2 heterocycles. The van der Waals surface area contributed by atoms with E-state index in [0.29, 0.717) is 49.1 Å². The Hall–Kier alpha value is -4.21. The highest BCUT2D eigenvalue weighted by atomic mass is 19.1. The number of urea groups is 1. The molecule has 1 saturated heterocycles. The van der Waals surface area contributed by atoms with Crippen LogP contribution in [-0.2, 0) is 11.4 Å². The minimum absolute atomic E-state index is 0.00771. The van der Waals surface area contributed by atoms with Crippen LogP contribution in [0.4, 0.5) is 20.8 Å². The summed E-state index contributed by atoms with van der Waals surface area (Å²) in [6.07, 6.45) is 3.62. The predicted octanol–water partition coefficient (Wildman–Crippen LogP) is 3.06. The van der Waals surface area contributed by atoms with Crippen LogP contribution in [0.3, 0.4) is 0 Å². The number of carbonyl (C=O) groups is 2. The number of hydrogen-bond acceptors (Lipinski definition) is 6. The summed E-state index contributed by atoms with van der Waals surface area (Å²) >= 11 is 0. The zero-order chi connectivity index (χ0) is 24.5. The van der Waals surface area contributed by atoms with E-state index < -0.39 is 6.03 Å². The van der Waals surface area contributed by atoms with Crippen molar-refractivity contribution in [3.8, 4) is 5.75 Å². The lowest BCUT2D eigenvalue weighted by Gasteiger charge is -2.34. The Morgan fingerprint density at radius 2 is 1.74 bits per heavy atom. The fourth-order valence-electron chi connectivity index (χ4n) is 3.68. The molecule has 0 bridgehead atoms. The van der Waals surface area contributed by atoms with Crippen molar-refractivity contribution in [3.63, 3.8) is 0 Å². The maximum absolute atomic E-state index is 13.3. The van der Waals surface area contributed by atoms with Gasteiger partial charge in [0.05, 0.1) is 0 Å². The third-order valence-electron chi connectivity index (χ3n) is 5.48. The summed E-state index contributed by atoms with van der Waals surface area (Å²) in [4.78, 5) is 37.1. The van der Waals surface area contributed by atoms with E-state index in [1.54, 1.807) is 59.8 Å². The standard InChI is InChI=1S/C25H27FN6O3/c26-20-5-1-4-19(16-20)18-35-22-7-2-6-21(17-22)30-25(34)29-11-8-23(33)31-12-14-32(15-13-31)24-27-9-3-10-28-24/h1-7,9-10,16-17H,8,11-15,18H2,(H2,29,30,34). The van der Waals surface area contributed by atoms with Crippen LogP contribution in [0.25, 0.3) is 0 Å². The van der Waals surface area contributed by atoms with Crippen LogP contribution in [0.5, 0.6) is 5.75 Å². The highest BCUT2D eigenvalue weighted by Crippen LogP contribution is 2.19. The summed E-state index contributed by atoms with van der Waals surface area (Å²) in [6, 6.07) is 14.5. The Morgan fingerprint density at radius 3 is 2.51 bits per heavy atom. The quantitative estimate of drug-likeness (QED) is 0.516. The molecule has 9 nitrogen and oxygen atoms in total. The van der Waals surface area contributed by atoms with Crippen molar-refractivity contribution < 1.29 is 18.7 Å². The molecule has 0 unspecified atom stereocenters. The number of aromatic nitrogens is 2. The molecule has 3 aromatic rings. The van der Waals surface area contributed by atoms with Gasteiger partial charge in [-0.15, -0.1) is 0 Å². The normalized spacial score (nSPS) is 13.3. The van der Waals surface area contributed by atoms with Crippen molar-refractivity contribution in [1.29, 1.82) is 0 Å². The minimum atomic E-state index is -0.411. The number of nitrogens with zero attached hydrogens (tertiary/aromatic N) is 4. The van der Waals surface area contributed by atoms with Crippen molar-refractivity contribution >= 4 is 23.6 Å². The monoisotopic (exact) mass is 478 g/mol. The third-order valence-corrected chi connectivity index (χ3v) is 5.48. The first-order chi connectivity index (χ1) is 17.1. The van der Waals surface area contributed by atoms with Gasteiger partial charge in [0.2, 0.25) is 11.9 Å². The lowest BCUT2D eigenvalue weighted by molar-refractivity contribution is -0.131. The van der Waals surface area contributed by atoms with Gasteiger partial charge in [-0.2, -0.15) is 0 Å². The number of carbonyl (C=O) groups excluding carboxylic acids is 2. The van der Waals surface area contributed by atoms with E-state index in [9.17, 15) is 14.0 Å². The van der Waals surface area contributed by atoms with Crippen molar-refractivity contribution in [2.24, 2.45) is 0 Å². The largest absolute Gasteiger partial charge is 0.489 e. The van der Waals surface area contributed by atoms with Crippen molar-refractivity contribution in [2.75, 3.05) is 42.9 Å². The Balaban J connectivity index is 1.16. The average molecular weight is 479 g/mol. The van der Waals surface area contributed by atoms with Crippen molar-refractivity contribution in [3.05, 3.63) is 78.4 Å². The number of rotatable bonds is 8. The molecule has 1 aliphatic heterocycles. The fourth-order valence-corrected chi connectivity index (χ4v) is 3.68. The van der Waals surface area contributed by atoms with Gasteiger partial charge in [0.15, 0.2) is 0 Å². The summed E-state index contributed by atoms with van der Waals surface area (Å²) < 4.78 is 19.0. The molecule has 1 fully saturated rings. The number of nitrogens with one attached hydrogen (secondary N) is 2. The highest BCUT2D eigenvalue weighted by Gasteiger charge is 2.22. The highest BCUT2D eigenvalue weighted by molar-refractivity contribution is 5.89.